The second kappa shape index (κ2) is 5.46. The van der Waals surface area contributed by atoms with E-state index >= 15 is 0 Å². The van der Waals surface area contributed by atoms with Gasteiger partial charge in [-0.05, 0) is 13.8 Å². The minimum absolute atomic E-state index is 0.121. The minimum atomic E-state index is -0.779. The maximum absolute atomic E-state index is 12.5. The second-order valence-corrected chi connectivity index (χ2v) is 5.97. The number of piperazine rings is 1. The highest BCUT2D eigenvalue weighted by Gasteiger charge is 2.42. The van der Waals surface area contributed by atoms with Gasteiger partial charge in [0, 0.05) is 45.2 Å². The Kier molecular flexibility index (Phi) is 4.10. The summed E-state index contributed by atoms with van der Waals surface area (Å²) in [6, 6.07) is 0. The predicted molar refractivity (Wildman–Crippen MR) is 70.8 cm³/mol. The summed E-state index contributed by atoms with van der Waals surface area (Å²) < 4.78 is 0. The van der Waals surface area contributed by atoms with E-state index in [2.05, 4.69) is 10.2 Å². The first-order chi connectivity index (χ1) is 8.91. The largest absolute Gasteiger partial charge is 0.481 e. The van der Waals surface area contributed by atoms with Crippen LogP contribution in [0.1, 0.15) is 20.3 Å². The molecule has 0 saturated carbocycles. The fraction of sp³-hybridized carbons (Fsp3) is 0.846. The number of nitrogens with zero attached hydrogens (tertiary/aromatic N) is 2. The lowest BCUT2D eigenvalue weighted by Gasteiger charge is -2.47. The van der Waals surface area contributed by atoms with Crippen molar-refractivity contribution in [1.82, 2.24) is 15.1 Å². The van der Waals surface area contributed by atoms with Crippen LogP contribution in [0.15, 0.2) is 0 Å². The number of aliphatic carboxylic acids is 1. The lowest BCUT2D eigenvalue weighted by atomic mass is 9.91. The molecule has 0 atom stereocenters. The van der Waals surface area contributed by atoms with Gasteiger partial charge in [-0.2, -0.15) is 0 Å². The van der Waals surface area contributed by atoms with Crippen LogP contribution in [0.2, 0.25) is 0 Å². The van der Waals surface area contributed by atoms with Gasteiger partial charge in [0.25, 0.3) is 0 Å². The van der Waals surface area contributed by atoms with E-state index in [1.165, 1.54) is 0 Å². The fourth-order valence-electron chi connectivity index (χ4n) is 2.86. The van der Waals surface area contributed by atoms with E-state index in [1.807, 2.05) is 13.8 Å². The van der Waals surface area contributed by atoms with Crippen molar-refractivity contribution in [3.63, 3.8) is 0 Å². The van der Waals surface area contributed by atoms with Crippen molar-refractivity contribution in [2.24, 2.45) is 5.92 Å². The van der Waals surface area contributed by atoms with Gasteiger partial charge in [0.2, 0.25) is 5.91 Å². The van der Waals surface area contributed by atoms with Crippen LogP contribution in [0, 0.1) is 5.92 Å². The van der Waals surface area contributed by atoms with Gasteiger partial charge in [-0.3, -0.25) is 14.5 Å². The highest BCUT2D eigenvalue weighted by Crippen LogP contribution is 2.25. The number of nitrogens with one attached hydrogen (secondary N) is 1. The molecule has 2 heterocycles. The van der Waals surface area contributed by atoms with E-state index in [1.54, 1.807) is 4.90 Å². The molecule has 2 rings (SSSR count). The molecule has 2 aliphatic heterocycles. The molecule has 0 bridgehead atoms. The van der Waals surface area contributed by atoms with Gasteiger partial charge in [-0.15, -0.1) is 0 Å². The Bertz CT molecular complexity index is 358. The van der Waals surface area contributed by atoms with Gasteiger partial charge < -0.3 is 15.3 Å². The third-order valence-corrected chi connectivity index (χ3v) is 4.14. The van der Waals surface area contributed by atoms with Crippen LogP contribution < -0.4 is 5.32 Å². The molecular formula is C13H23N3O3. The van der Waals surface area contributed by atoms with Gasteiger partial charge >= 0.3 is 5.97 Å². The topological polar surface area (TPSA) is 72.9 Å². The predicted octanol–water partition coefficient (Wildman–Crippen LogP) is -0.397. The molecule has 2 saturated heterocycles. The first-order valence-electron chi connectivity index (χ1n) is 6.88. The summed E-state index contributed by atoms with van der Waals surface area (Å²) >= 11 is 0. The molecule has 0 aromatic carbocycles. The van der Waals surface area contributed by atoms with Crippen LogP contribution in [-0.2, 0) is 9.59 Å². The van der Waals surface area contributed by atoms with Crippen LogP contribution in [-0.4, -0.2) is 71.6 Å². The molecule has 0 aliphatic carbocycles. The number of rotatable bonds is 4. The monoisotopic (exact) mass is 269 g/mol. The van der Waals surface area contributed by atoms with Crippen molar-refractivity contribution >= 4 is 11.9 Å². The quantitative estimate of drug-likeness (QED) is 0.727. The SMILES string of the molecule is CC(C)(C(=O)N1CC(CC(=O)O)C1)N1CCNCC1. The number of hydrogen-bond acceptors (Lipinski definition) is 4. The van der Waals surface area contributed by atoms with Crippen molar-refractivity contribution in [3.05, 3.63) is 0 Å². The fourth-order valence-corrected chi connectivity index (χ4v) is 2.86. The molecule has 2 aliphatic rings. The molecule has 0 aromatic heterocycles. The lowest BCUT2D eigenvalue weighted by Crippen LogP contribution is -2.64. The zero-order chi connectivity index (χ0) is 14.0. The zero-order valence-corrected chi connectivity index (χ0v) is 11.7. The van der Waals surface area contributed by atoms with Crippen molar-refractivity contribution in [2.75, 3.05) is 39.3 Å². The summed E-state index contributed by atoms with van der Waals surface area (Å²) in [5.41, 5.74) is -0.490. The molecule has 0 aromatic rings. The molecular weight excluding hydrogens is 246 g/mol. The Labute approximate surface area is 113 Å². The van der Waals surface area contributed by atoms with Crippen molar-refractivity contribution in [1.29, 1.82) is 0 Å². The van der Waals surface area contributed by atoms with E-state index in [0.29, 0.717) is 13.1 Å². The van der Waals surface area contributed by atoms with Gasteiger partial charge in [0.05, 0.1) is 12.0 Å². The maximum atomic E-state index is 12.5. The summed E-state index contributed by atoms with van der Waals surface area (Å²) in [5, 5.41) is 12.0. The molecule has 2 N–H and O–H groups in total. The van der Waals surface area contributed by atoms with Crippen molar-refractivity contribution < 1.29 is 14.7 Å². The van der Waals surface area contributed by atoms with Gasteiger partial charge in [0.1, 0.15) is 0 Å². The molecule has 6 nitrogen and oxygen atoms in total. The van der Waals surface area contributed by atoms with Crippen molar-refractivity contribution in [3.8, 4) is 0 Å². The second-order valence-electron chi connectivity index (χ2n) is 5.97. The van der Waals surface area contributed by atoms with Crippen LogP contribution in [0.4, 0.5) is 0 Å². The Balaban J connectivity index is 1.87. The maximum Gasteiger partial charge on any atom is 0.303 e. The van der Waals surface area contributed by atoms with Crippen LogP contribution in [0.25, 0.3) is 0 Å². The number of amides is 1. The first-order valence-corrected chi connectivity index (χ1v) is 6.88. The summed E-state index contributed by atoms with van der Waals surface area (Å²) in [7, 11) is 0. The molecule has 0 radical (unpaired) electrons. The third-order valence-electron chi connectivity index (χ3n) is 4.14. The number of likely N-dealkylation sites (tertiary alicyclic amines) is 1. The van der Waals surface area contributed by atoms with E-state index in [4.69, 9.17) is 5.11 Å². The van der Waals surface area contributed by atoms with Crippen LogP contribution in [0.5, 0.6) is 0 Å². The van der Waals surface area contributed by atoms with E-state index in [-0.39, 0.29) is 18.2 Å². The number of carbonyl (C=O) groups is 2. The molecule has 0 unspecified atom stereocenters. The Morgan fingerprint density at radius 2 is 1.84 bits per heavy atom. The number of carbonyl (C=O) groups excluding carboxylic acids is 1. The van der Waals surface area contributed by atoms with Gasteiger partial charge in [-0.25, -0.2) is 0 Å². The third kappa shape index (κ3) is 3.06. The minimum Gasteiger partial charge on any atom is -0.481 e. The van der Waals surface area contributed by atoms with E-state index in [9.17, 15) is 9.59 Å². The molecule has 108 valence electrons. The standard InChI is InChI=1S/C13H23N3O3/c1-13(2,16-5-3-14-4-6-16)12(19)15-8-10(9-15)7-11(17)18/h10,14H,3-9H2,1-2H3,(H,17,18). The summed E-state index contributed by atoms with van der Waals surface area (Å²) in [6.07, 6.45) is 0.165. The van der Waals surface area contributed by atoms with Gasteiger partial charge in [-0.1, -0.05) is 0 Å². The number of hydrogen-bond donors (Lipinski definition) is 2. The lowest BCUT2D eigenvalue weighted by molar-refractivity contribution is -0.153. The highest BCUT2D eigenvalue weighted by molar-refractivity contribution is 5.86. The average molecular weight is 269 g/mol. The Hall–Kier alpha value is -1.14. The Morgan fingerprint density at radius 3 is 2.37 bits per heavy atom. The molecule has 1 amide bonds. The van der Waals surface area contributed by atoms with Gasteiger partial charge in [0.15, 0.2) is 0 Å². The number of carboxylic acid groups (broad SMARTS) is 1. The number of carboxylic acids is 1. The first kappa shape index (κ1) is 14.3. The van der Waals surface area contributed by atoms with E-state index in [0.717, 1.165) is 26.2 Å². The average Bonchev–Trinajstić information content (AvgIpc) is 2.33. The smallest absolute Gasteiger partial charge is 0.303 e. The normalized spacial score (nSPS) is 22.1. The molecule has 19 heavy (non-hydrogen) atoms. The zero-order valence-electron chi connectivity index (χ0n) is 11.7. The van der Waals surface area contributed by atoms with Crippen molar-refractivity contribution in [2.45, 2.75) is 25.8 Å². The summed E-state index contributed by atoms with van der Waals surface area (Å²) in [5.74, 6) is -0.533. The summed E-state index contributed by atoms with van der Waals surface area (Å²) in [6.45, 7) is 8.69. The van der Waals surface area contributed by atoms with Crippen LogP contribution >= 0.6 is 0 Å². The summed E-state index contributed by atoms with van der Waals surface area (Å²) in [4.78, 5) is 27.1. The highest BCUT2D eigenvalue weighted by atomic mass is 16.4. The van der Waals surface area contributed by atoms with Crippen LogP contribution in [0.3, 0.4) is 0 Å². The Morgan fingerprint density at radius 1 is 1.26 bits per heavy atom. The molecule has 2 fully saturated rings. The molecule has 0 spiro atoms. The van der Waals surface area contributed by atoms with E-state index < -0.39 is 11.5 Å². The molecule has 6 heteroatoms.